The zero-order chi connectivity index (χ0) is 30.7. The zero-order valence-corrected chi connectivity index (χ0v) is 26.2. The van der Waals surface area contributed by atoms with E-state index < -0.39 is 21.5 Å². The molecule has 0 aliphatic carbocycles. The Bertz CT molecular complexity index is 1780. The maximum Gasteiger partial charge on any atom is 0.259 e. The number of anilines is 1. The third-order valence-corrected chi connectivity index (χ3v) is 10.1. The number of fused-ring (bicyclic) bond motifs is 3. The van der Waals surface area contributed by atoms with Crippen LogP contribution in [0.15, 0.2) is 117 Å². The monoisotopic (exact) mass is 674 g/mol. The topological polar surface area (TPSA) is 106 Å². The number of hydrogen-bond acceptors (Lipinski definition) is 7. The van der Waals surface area contributed by atoms with Crippen molar-refractivity contribution >= 4 is 43.3 Å². The van der Waals surface area contributed by atoms with Crippen molar-refractivity contribution in [3.05, 3.63) is 124 Å². The van der Waals surface area contributed by atoms with Crippen LogP contribution in [0.1, 0.15) is 29.2 Å². The van der Waals surface area contributed by atoms with Crippen LogP contribution in [-0.4, -0.2) is 56.4 Å². The molecule has 10 heteroatoms. The number of carbonyl (C=O) groups is 1. The predicted octanol–water partition coefficient (Wildman–Crippen LogP) is 5.53. The van der Waals surface area contributed by atoms with E-state index in [-0.39, 0.29) is 36.1 Å². The summed E-state index contributed by atoms with van der Waals surface area (Å²) in [6, 6.07) is 30.7. The summed E-state index contributed by atoms with van der Waals surface area (Å²) in [5, 5.41) is 9.04. The van der Waals surface area contributed by atoms with Crippen molar-refractivity contribution in [2.75, 3.05) is 30.4 Å². The molecule has 2 atom stereocenters. The van der Waals surface area contributed by atoms with E-state index in [1.54, 1.807) is 47.4 Å². The number of benzene rings is 4. The molecule has 2 heterocycles. The molecule has 6 rings (SSSR count). The van der Waals surface area contributed by atoms with E-state index in [9.17, 15) is 13.2 Å². The van der Waals surface area contributed by atoms with Gasteiger partial charge >= 0.3 is 0 Å². The van der Waals surface area contributed by atoms with Gasteiger partial charge in [-0.3, -0.25) is 4.79 Å². The predicted molar refractivity (Wildman–Crippen MR) is 172 cm³/mol. The third kappa shape index (κ3) is 5.89. The SMILES string of the molecule is O=C1N(CCS(=O)(=O)c2ccccc2)c2ccccc2[C@H]2OC(c3ccc(OCCCO)cc3)=N[C@@]12Cc1ccc(Br)cc1. The Morgan fingerprint density at radius 2 is 1.64 bits per heavy atom. The standard InChI is InChI=1S/C34H31BrN2O6S/c35-26-15-11-24(12-16-26)23-34-31(43-32(36-34)25-13-17-27(18-14-25)42-21-6-20-38)29-9-4-5-10-30(29)37(33(34)39)19-22-44(40,41)28-7-2-1-3-8-28/h1-5,7-18,31,38H,6,19-23H2/t31-,34-/m1/s1. The van der Waals surface area contributed by atoms with Crippen LogP contribution in [0.2, 0.25) is 0 Å². The van der Waals surface area contributed by atoms with Crippen molar-refractivity contribution in [1.29, 1.82) is 0 Å². The molecular formula is C34H31BrN2O6S. The van der Waals surface area contributed by atoms with Crippen molar-refractivity contribution in [3.8, 4) is 5.75 Å². The maximum absolute atomic E-state index is 14.7. The molecule has 1 N–H and O–H groups in total. The van der Waals surface area contributed by atoms with Gasteiger partial charge in [0.2, 0.25) is 5.90 Å². The molecule has 8 nitrogen and oxygen atoms in total. The van der Waals surface area contributed by atoms with E-state index >= 15 is 0 Å². The van der Waals surface area contributed by atoms with Crippen LogP contribution in [0.25, 0.3) is 0 Å². The lowest BCUT2D eigenvalue weighted by atomic mass is 9.78. The summed E-state index contributed by atoms with van der Waals surface area (Å²) < 4.78 is 39.6. The molecule has 0 spiro atoms. The zero-order valence-electron chi connectivity index (χ0n) is 23.8. The van der Waals surface area contributed by atoms with Gasteiger partial charge in [-0.25, -0.2) is 13.4 Å². The minimum atomic E-state index is -3.65. The number of carbonyl (C=O) groups excluding carboxylic acids is 1. The molecule has 0 saturated carbocycles. The number of ether oxygens (including phenoxy) is 2. The Kier molecular flexibility index (Phi) is 8.57. The summed E-state index contributed by atoms with van der Waals surface area (Å²) >= 11 is 3.49. The highest BCUT2D eigenvalue weighted by molar-refractivity contribution is 9.10. The molecule has 0 unspecified atom stereocenters. The Labute approximate surface area is 265 Å². The fraction of sp³-hybridized carbons (Fsp3) is 0.235. The van der Waals surface area contributed by atoms with Crippen molar-refractivity contribution in [2.24, 2.45) is 4.99 Å². The molecule has 226 valence electrons. The summed E-state index contributed by atoms with van der Waals surface area (Å²) in [6.45, 7) is 0.411. The Morgan fingerprint density at radius 1 is 0.932 bits per heavy atom. The average molecular weight is 676 g/mol. The van der Waals surface area contributed by atoms with Gasteiger partial charge < -0.3 is 19.5 Å². The summed E-state index contributed by atoms with van der Waals surface area (Å²) in [5.74, 6) is 0.419. The fourth-order valence-corrected chi connectivity index (χ4v) is 7.13. The van der Waals surface area contributed by atoms with E-state index in [0.717, 1.165) is 15.6 Å². The van der Waals surface area contributed by atoms with E-state index in [0.29, 0.717) is 35.9 Å². The number of aliphatic imine (C=N–C) groups is 1. The first-order valence-corrected chi connectivity index (χ1v) is 16.8. The molecule has 0 radical (unpaired) electrons. The summed E-state index contributed by atoms with van der Waals surface area (Å²) in [6.07, 6.45) is 0.0707. The molecule has 4 aromatic rings. The van der Waals surface area contributed by atoms with Gasteiger partial charge in [-0.05, 0) is 60.2 Å². The molecule has 2 aliphatic heterocycles. The number of nitrogens with zero attached hydrogens (tertiary/aromatic N) is 2. The highest BCUT2D eigenvalue weighted by Gasteiger charge is 2.58. The van der Waals surface area contributed by atoms with Crippen molar-refractivity contribution in [2.45, 2.75) is 29.4 Å². The van der Waals surface area contributed by atoms with Gasteiger partial charge in [0.25, 0.3) is 5.91 Å². The molecule has 0 fully saturated rings. The van der Waals surface area contributed by atoms with Crippen molar-refractivity contribution in [3.63, 3.8) is 0 Å². The molecule has 4 aromatic carbocycles. The van der Waals surface area contributed by atoms with Crippen LogP contribution in [0.4, 0.5) is 5.69 Å². The minimum Gasteiger partial charge on any atom is -0.494 e. The lowest BCUT2D eigenvalue weighted by molar-refractivity contribution is -0.127. The second-order valence-electron chi connectivity index (χ2n) is 10.7. The Balaban J connectivity index is 1.39. The minimum absolute atomic E-state index is 0.0351. The molecule has 0 saturated heterocycles. The first-order valence-electron chi connectivity index (χ1n) is 14.3. The van der Waals surface area contributed by atoms with Crippen LogP contribution >= 0.6 is 15.9 Å². The molecule has 1 amide bonds. The van der Waals surface area contributed by atoms with Crippen molar-refractivity contribution < 1.29 is 27.8 Å². The highest BCUT2D eigenvalue weighted by atomic mass is 79.9. The quantitative estimate of drug-likeness (QED) is 0.210. The summed E-state index contributed by atoms with van der Waals surface area (Å²) in [5.41, 5.74) is 1.60. The average Bonchev–Trinajstić information content (AvgIpc) is 3.44. The van der Waals surface area contributed by atoms with E-state index in [1.807, 2.05) is 60.7 Å². The molecule has 0 aromatic heterocycles. The van der Waals surface area contributed by atoms with Gasteiger partial charge in [-0.15, -0.1) is 0 Å². The van der Waals surface area contributed by atoms with Crippen LogP contribution in [0, 0.1) is 0 Å². The fourth-order valence-electron chi connectivity index (χ4n) is 5.64. The molecular weight excluding hydrogens is 644 g/mol. The number of amides is 1. The first-order chi connectivity index (χ1) is 21.3. The second kappa shape index (κ2) is 12.6. The van der Waals surface area contributed by atoms with E-state index in [2.05, 4.69) is 15.9 Å². The Hall–Kier alpha value is -3.99. The number of sulfone groups is 1. The smallest absolute Gasteiger partial charge is 0.259 e. The van der Waals surface area contributed by atoms with Crippen molar-refractivity contribution in [1.82, 2.24) is 0 Å². The second-order valence-corrected chi connectivity index (χ2v) is 13.8. The van der Waals surface area contributed by atoms with Gasteiger partial charge in [0.1, 0.15) is 5.75 Å². The lowest BCUT2D eigenvalue weighted by Crippen LogP contribution is -2.56. The summed E-state index contributed by atoms with van der Waals surface area (Å²) in [7, 11) is -3.65. The lowest BCUT2D eigenvalue weighted by Gasteiger charge is -2.41. The van der Waals surface area contributed by atoms with Gasteiger partial charge in [-0.1, -0.05) is 64.5 Å². The van der Waals surface area contributed by atoms with Gasteiger partial charge in [0.15, 0.2) is 21.5 Å². The van der Waals surface area contributed by atoms with Crippen LogP contribution in [0.3, 0.4) is 0 Å². The molecule has 44 heavy (non-hydrogen) atoms. The van der Waals surface area contributed by atoms with E-state index in [1.165, 1.54) is 0 Å². The maximum atomic E-state index is 14.7. The first kappa shape index (κ1) is 30.1. The molecule has 2 aliphatic rings. The van der Waals surface area contributed by atoms with Crippen LogP contribution in [0.5, 0.6) is 5.75 Å². The van der Waals surface area contributed by atoms with Gasteiger partial charge in [0, 0.05) is 41.6 Å². The largest absolute Gasteiger partial charge is 0.494 e. The number of rotatable bonds is 11. The normalized spacial score (nSPS) is 19.1. The number of hydrogen-bond donors (Lipinski definition) is 1. The number of halogens is 1. The van der Waals surface area contributed by atoms with Crippen LogP contribution < -0.4 is 9.64 Å². The van der Waals surface area contributed by atoms with Gasteiger partial charge in [0.05, 0.1) is 22.9 Å². The van der Waals surface area contributed by atoms with Crippen LogP contribution in [-0.2, 0) is 25.8 Å². The number of para-hydroxylation sites is 1. The van der Waals surface area contributed by atoms with Gasteiger partial charge in [-0.2, -0.15) is 0 Å². The summed E-state index contributed by atoms with van der Waals surface area (Å²) in [4.78, 5) is 21.5. The number of aliphatic hydroxyl groups is 1. The number of aliphatic hydroxyl groups excluding tert-OH is 1. The highest BCUT2D eigenvalue weighted by Crippen LogP contribution is 2.50. The van der Waals surface area contributed by atoms with E-state index in [4.69, 9.17) is 19.6 Å². The third-order valence-electron chi connectivity index (χ3n) is 7.84. The Morgan fingerprint density at radius 3 is 2.36 bits per heavy atom. The molecule has 0 bridgehead atoms.